The standard InChI is InChI=1S/C46H44F4O4P2/c47-45(48,36-43(51)52)33-35-56(40-26-13-4-14-27-40,41-28-15-5-16-29-41,42-30-17-6-18-31-42)55(37-20-7-1-8-21-37,38-22-9-2-10-23-38,39-24-11-3-12-25-39)34-19-32-46(49,50)44(53)54/h1-18,20-31H,19,32-36H2,(H,51,52)(H,53,54). The van der Waals surface area contributed by atoms with E-state index in [1.807, 2.05) is 182 Å². The topological polar surface area (TPSA) is 74.6 Å². The number of alkyl halides is 4. The molecule has 0 saturated heterocycles. The summed E-state index contributed by atoms with van der Waals surface area (Å²) >= 11 is 0. The van der Waals surface area contributed by atoms with E-state index in [1.165, 1.54) is 0 Å². The molecule has 0 heterocycles. The van der Waals surface area contributed by atoms with Gasteiger partial charge in [0.2, 0.25) is 0 Å². The van der Waals surface area contributed by atoms with Crippen LogP contribution >= 0.6 is 12.6 Å². The molecule has 6 aromatic rings. The molecule has 0 fully saturated rings. The van der Waals surface area contributed by atoms with Crippen molar-refractivity contribution in [3.8, 4) is 0 Å². The van der Waals surface area contributed by atoms with Gasteiger partial charge >= 0.3 is 326 Å². The van der Waals surface area contributed by atoms with Crippen LogP contribution in [0.1, 0.15) is 25.7 Å². The number of rotatable bonds is 17. The third-order valence-corrected chi connectivity index (χ3v) is 35.5. The van der Waals surface area contributed by atoms with Crippen LogP contribution in [0.2, 0.25) is 0 Å². The summed E-state index contributed by atoms with van der Waals surface area (Å²) in [5.41, 5.74) is 0. The van der Waals surface area contributed by atoms with Crippen LogP contribution in [0.15, 0.2) is 182 Å². The van der Waals surface area contributed by atoms with Crippen molar-refractivity contribution in [1.82, 2.24) is 0 Å². The average molecular weight is 799 g/mol. The van der Waals surface area contributed by atoms with Crippen molar-refractivity contribution in [3.05, 3.63) is 182 Å². The zero-order chi connectivity index (χ0) is 40.0. The van der Waals surface area contributed by atoms with Gasteiger partial charge in [-0.05, 0) is 0 Å². The maximum absolute atomic E-state index is 16.6. The minimum absolute atomic E-state index is 0.0342. The molecular formula is C46H44F4O4P2. The fraction of sp³-hybridized carbons (Fsp3) is 0.174. The molecule has 290 valence electrons. The van der Waals surface area contributed by atoms with Crippen LogP contribution in [0.5, 0.6) is 0 Å². The Hall–Kier alpha value is -5.16. The van der Waals surface area contributed by atoms with Gasteiger partial charge in [0.05, 0.1) is 0 Å². The molecule has 0 radical (unpaired) electrons. The molecule has 0 aliphatic heterocycles. The summed E-state index contributed by atoms with van der Waals surface area (Å²) in [4.78, 5) is 24.1. The summed E-state index contributed by atoms with van der Waals surface area (Å²) in [6, 6.07) is 57.1. The van der Waals surface area contributed by atoms with Gasteiger partial charge in [0.25, 0.3) is 0 Å². The van der Waals surface area contributed by atoms with E-state index in [2.05, 4.69) is 0 Å². The van der Waals surface area contributed by atoms with Crippen molar-refractivity contribution in [3.63, 3.8) is 0 Å². The molecule has 0 amide bonds. The van der Waals surface area contributed by atoms with E-state index in [0.717, 1.165) is 31.8 Å². The summed E-state index contributed by atoms with van der Waals surface area (Å²) in [7, 11) is 0. The first-order chi connectivity index (χ1) is 26.8. The molecule has 0 bridgehead atoms. The van der Waals surface area contributed by atoms with Crippen LogP contribution in [-0.2, 0) is 9.59 Å². The molecule has 0 atom stereocenters. The molecular weight excluding hydrogens is 754 g/mol. The summed E-state index contributed by atoms with van der Waals surface area (Å²) in [6.07, 6.45) is -13.6. The van der Waals surface area contributed by atoms with Gasteiger partial charge in [-0.1, -0.05) is 0 Å². The monoisotopic (exact) mass is 798 g/mol. The zero-order valence-electron chi connectivity index (χ0n) is 30.7. The molecule has 10 heteroatoms. The van der Waals surface area contributed by atoms with E-state index in [9.17, 15) is 19.8 Å². The van der Waals surface area contributed by atoms with Crippen LogP contribution in [0.25, 0.3) is 0 Å². The fourth-order valence-electron chi connectivity index (χ4n) is 9.54. The summed E-state index contributed by atoms with van der Waals surface area (Å²) in [5, 5.41) is 23.9. The van der Waals surface area contributed by atoms with Gasteiger partial charge in [0, 0.05) is 0 Å². The van der Waals surface area contributed by atoms with Crippen molar-refractivity contribution < 1.29 is 37.4 Å². The second kappa shape index (κ2) is 15.8. The summed E-state index contributed by atoms with van der Waals surface area (Å²) < 4.78 is 64.3. The Labute approximate surface area is 324 Å². The number of carboxylic acids is 2. The number of carbonyl (C=O) groups is 2. The first-order valence-corrected chi connectivity index (χ1v) is 24.0. The number of carboxylic acid groups (broad SMARTS) is 2. The fourth-order valence-corrected chi connectivity index (χ4v) is 38.2. The molecule has 6 rings (SSSR count). The first-order valence-electron chi connectivity index (χ1n) is 18.4. The predicted octanol–water partition coefficient (Wildman–Crippen LogP) is 8.96. The van der Waals surface area contributed by atoms with Gasteiger partial charge in [0.1, 0.15) is 0 Å². The van der Waals surface area contributed by atoms with Gasteiger partial charge in [0.15, 0.2) is 0 Å². The number of benzene rings is 6. The third kappa shape index (κ3) is 6.15. The zero-order valence-corrected chi connectivity index (χ0v) is 32.5. The van der Waals surface area contributed by atoms with Gasteiger partial charge in [-0.15, -0.1) is 0 Å². The Morgan fingerprint density at radius 3 is 0.946 bits per heavy atom. The van der Waals surface area contributed by atoms with Gasteiger partial charge in [-0.3, -0.25) is 0 Å². The van der Waals surface area contributed by atoms with Crippen molar-refractivity contribution >= 4 is 56.3 Å². The third-order valence-electron chi connectivity index (χ3n) is 11.6. The number of aliphatic carboxylic acids is 2. The van der Waals surface area contributed by atoms with Crippen molar-refractivity contribution in [1.29, 1.82) is 0 Å². The van der Waals surface area contributed by atoms with Crippen molar-refractivity contribution in [2.45, 2.75) is 37.5 Å². The van der Waals surface area contributed by atoms with E-state index in [1.54, 1.807) is 0 Å². The summed E-state index contributed by atoms with van der Waals surface area (Å²) in [5.74, 6) is -11.6. The van der Waals surface area contributed by atoms with Crippen LogP contribution in [0, 0.1) is 0 Å². The Bertz CT molecular complexity index is 2050. The van der Waals surface area contributed by atoms with Crippen LogP contribution < -0.4 is 31.8 Å². The Balaban J connectivity index is 2.05. The van der Waals surface area contributed by atoms with E-state index in [4.69, 9.17) is 0 Å². The molecule has 0 aliphatic carbocycles. The molecule has 2 N–H and O–H groups in total. The SMILES string of the molecule is O=C(O)CC(F)(F)CCP(c1ccccc1)(c1ccccc1)(c1ccccc1)P(CCCC(F)(F)C(=O)O)(c1ccccc1)(c1ccccc1)c1ccccc1. The Morgan fingerprint density at radius 1 is 0.429 bits per heavy atom. The number of halogens is 4. The van der Waals surface area contributed by atoms with Crippen molar-refractivity contribution in [2.24, 2.45) is 0 Å². The second-order valence-corrected chi connectivity index (χ2v) is 28.5. The molecule has 0 aliphatic rings. The number of hydrogen-bond donors (Lipinski definition) is 2. The molecule has 6 aromatic carbocycles. The molecule has 0 aromatic heterocycles. The summed E-state index contributed by atoms with van der Waals surface area (Å²) in [6.45, 7) is 0. The molecule has 4 nitrogen and oxygen atoms in total. The minimum atomic E-state index is -4.92. The quantitative estimate of drug-likeness (QED) is 0.0715. The molecule has 0 spiro atoms. The molecule has 0 unspecified atom stereocenters. The Morgan fingerprint density at radius 2 is 0.696 bits per heavy atom. The van der Waals surface area contributed by atoms with Gasteiger partial charge < -0.3 is 0 Å². The van der Waals surface area contributed by atoms with E-state index < -0.39 is 55.6 Å². The van der Waals surface area contributed by atoms with Crippen LogP contribution in [-0.4, -0.2) is 46.3 Å². The molecule has 0 saturated carbocycles. The second-order valence-electron chi connectivity index (χ2n) is 14.3. The van der Waals surface area contributed by atoms with Gasteiger partial charge in [-0.2, -0.15) is 0 Å². The Kier molecular flexibility index (Phi) is 11.4. The van der Waals surface area contributed by atoms with Crippen molar-refractivity contribution in [2.75, 3.05) is 12.3 Å². The van der Waals surface area contributed by atoms with Gasteiger partial charge in [-0.25, -0.2) is 0 Å². The van der Waals surface area contributed by atoms with Crippen LogP contribution in [0.4, 0.5) is 17.6 Å². The van der Waals surface area contributed by atoms with Crippen LogP contribution in [0.3, 0.4) is 0 Å². The normalized spacial score (nSPS) is 13.8. The van der Waals surface area contributed by atoms with E-state index in [0.29, 0.717) is 0 Å². The maximum atomic E-state index is 16.6. The predicted molar refractivity (Wildman–Crippen MR) is 224 cm³/mol. The average Bonchev–Trinajstić information content (AvgIpc) is 3.22. The van der Waals surface area contributed by atoms with E-state index in [-0.39, 0.29) is 18.7 Å². The van der Waals surface area contributed by atoms with E-state index >= 15 is 17.6 Å². The first kappa shape index (κ1) is 40.5. The molecule has 56 heavy (non-hydrogen) atoms. The number of hydrogen-bond acceptors (Lipinski definition) is 2.